The first-order valence-corrected chi connectivity index (χ1v) is 6.86. The Bertz CT molecular complexity index is 548. The molecule has 0 saturated carbocycles. The highest BCUT2D eigenvalue weighted by Gasteiger charge is 2.06. The lowest BCUT2D eigenvalue weighted by molar-refractivity contribution is 0.411. The predicted molar refractivity (Wildman–Crippen MR) is 82.7 cm³/mol. The van der Waals surface area contributed by atoms with Gasteiger partial charge in [-0.05, 0) is 46.3 Å². The monoisotopic (exact) mass is 337 g/mol. The van der Waals surface area contributed by atoms with Crippen molar-refractivity contribution in [1.82, 2.24) is 0 Å². The summed E-state index contributed by atoms with van der Waals surface area (Å²) in [6, 6.07) is 10.8. The number of halogens is 1. The summed E-state index contributed by atoms with van der Waals surface area (Å²) >= 11 is 3.47. The molecule has 0 aliphatic rings. The standard InChI is InChI=1S/C15H16BrNO3/c1-19-11-4-6-15(18)10(7-11)9-17-14-8-12(20-2)3-5-13(14)16/h3-8,17-18H,9H2,1-2H3. The van der Waals surface area contributed by atoms with E-state index >= 15 is 0 Å². The van der Waals surface area contributed by atoms with Crippen molar-refractivity contribution in [3.8, 4) is 17.2 Å². The van der Waals surface area contributed by atoms with Gasteiger partial charge >= 0.3 is 0 Å². The fourth-order valence-corrected chi connectivity index (χ4v) is 2.17. The molecule has 0 aliphatic heterocycles. The number of phenolic OH excluding ortho intramolecular Hbond substituents is 1. The van der Waals surface area contributed by atoms with E-state index in [9.17, 15) is 5.11 Å². The van der Waals surface area contributed by atoms with Gasteiger partial charge in [0.15, 0.2) is 0 Å². The van der Waals surface area contributed by atoms with Crippen LogP contribution in [0.15, 0.2) is 40.9 Å². The molecular weight excluding hydrogens is 322 g/mol. The highest BCUT2D eigenvalue weighted by Crippen LogP contribution is 2.29. The molecule has 0 unspecified atom stereocenters. The van der Waals surface area contributed by atoms with Crippen molar-refractivity contribution < 1.29 is 14.6 Å². The molecule has 0 bridgehead atoms. The molecule has 0 saturated heterocycles. The second-order valence-electron chi connectivity index (χ2n) is 4.19. The zero-order valence-electron chi connectivity index (χ0n) is 11.3. The normalized spacial score (nSPS) is 10.2. The maximum Gasteiger partial charge on any atom is 0.121 e. The molecule has 5 heteroatoms. The van der Waals surface area contributed by atoms with Gasteiger partial charge in [0.2, 0.25) is 0 Å². The van der Waals surface area contributed by atoms with Crippen molar-refractivity contribution in [2.24, 2.45) is 0 Å². The van der Waals surface area contributed by atoms with E-state index in [0.717, 1.165) is 21.5 Å². The van der Waals surface area contributed by atoms with E-state index in [0.29, 0.717) is 12.3 Å². The van der Waals surface area contributed by atoms with Crippen LogP contribution < -0.4 is 14.8 Å². The summed E-state index contributed by atoms with van der Waals surface area (Å²) in [5.41, 5.74) is 1.66. The van der Waals surface area contributed by atoms with Gasteiger partial charge in [0.25, 0.3) is 0 Å². The van der Waals surface area contributed by atoms with Gasteiger partial charge in [0.1, 0.15) is 17.2 Å². The van der Waals surface area contributed by atoms with Gasteiger partial charge in [0, 0.05) is 22.6 Å². The number of nitrogens with one attached hydrogen (secondary N) is 1. The van der Waals surface area contributed by atoms with Crippen LogP contribution in [0.3, 0.4) is 0 Å². The highest BCUT2D eigenvalue weighted by molar-refractivity contribution is 9.10. The molecule has 2 aromatic carbocycles. The average molecular weight is 338 g/mol. The zero-order chi connectivity index (χ0) is 14.5. The number of methoxy groups -OCH3 is 2. The third-order valence-electron chi connectivity index (χ3n) is 2.93. The number of hydrogen-bond acceptors (Lipinski definition) is 4. The van der Waals surface area contributed by atoms with Crippen LogP contribution in [-0.4, -0.2) is 19.3 Å². The molecule has 0 spiro atoms. The third kappa shape index (κ3) is 3.36. The molecule has 106 valence electrons. The molecule has 2 rings (SSSR count). The summed E-state index contributed by atoms with van der Waals surface area (Å²) in [5.74, 6) is 1.71. The fraction of sp³-hybridized carbons (Fsp3) is 0.200. The predicted octanol–water partition coefficient (Wildman–Crippen LogP) is 3.78. The number of hydrogen-bond donors (Lipinski definition) is 2. The Balaban J connectivity index is 2.16. The van der Waals surface area contributed by atoms with Gasteiger partial charge in [0.05, 0.1) is 19.9 Å². The average Bonchev–Trinajstić information content (AvgIpc) is 2.48. The minimum Gasteiger partial charge on any atom is -0.508 e. The Morgan fingerprint density at radius 2 is 1.70 bits per heavy atom. The number of phenols is 1. The number of rotatable bonds is 5. The van der Waals surface area contributed by atoms with Crippen molar-refractivity contribution in [3.63, 3.8) is 0 Å². The molecule has 0 amide bonds. The van der Waals surface area contributed by atoms with E-state index in [-0.39, 0.29) is 5.75 Å². The van der Waals surface area contributed by atoms with Crippen LogP contribution in [0, 0.1) is 0 Å². The van der Waals surface area contributed by atoms with Crippen LogP contribution in [-0.2, 0) is 6.54 Å². The van der Waals surface area contributed by atoms with E-state index in [4.69, 9.17) is 9.47 Å². The smallest absolute Gasteiger partial charge is 0.121 e. The summed E-state index contributed by atoms with van der Waals surface area (Å²) in [7, 11) is 3.23. The van der Waals surface area contributed by atoms with Gasteiger partial charge in [-0.15, -0.1) is 0 Å². The van der Waals surface area contributed by atoms with E-state index in [1.54, 1.807) is 32.4 Å². The SMILES string of the molecule is COc1ccc(O)c(CNc2cc(OC)ccc2Br)c1. The summed E-state index contributed by atoms with van der Waals surface area (Å²) in [5, 5.41) is 13.1. The van der Waals surface area contributed by atoms with Crippen LogP contribution in [0.5, 0.6) is 17.2 Å². The van der Waals surface area contributed by atoms with E-state index in [1.807, 2.05) is 18.2 Å². The minimum absolute atomic E-state index is 0.234. The Morgan fingerprint density at radius 1 is 1.05 bits per heavy atom. The van der Waals surface area contributed by atoms with Crippen molar-refractivity contribution in [2.45, 2.75) is 6.54 Å². The Hall–Kier alpha value is -1.88. The van der Waals surface area contributed by atoms with Crippen LogP contribution >= 0.6 is 15.9 Å². The number of benzene rings is 2. The lowest BCUT2D eigenvalue weighted by atomic mass is 10.2. The number of ether oxygens (including phenoxy) is 2. The van der Waals surface area contributed by atoms with E-state index < -0.39 is 0 Å². The molecule has 0 aliphatic carbocycles. The highest BCUT2D eigenvalue weighted by atomic mass is 79.9. The first kappa shape index (κ1) is 14.5. The second-order valence-corrected chi connectivity index (χ2v) is 5.05. The molecule has 0 heterocycles. The van der Waals surface area contributed by atoms with Gasteiger partial charge in [-0.2, -0.15) is 0 Å². The van der Waals surface area contributed by atoms with Crippen molar-refractivity contribution in [3.05, 3.63) is 46.4 Å². The molecule has 2 aromatic rings. The van der Waals surface area contributed by atoms with Gasteiger partial charge in [-0.1, -0.05) is 0 Å². The second kappa shape index (κ2) is 6.52. The lowest BCUT2D eigenvalue weighted by Crippen LogP contribution is -2.01. The van der Waals surface area contributed by atoms with E-state index in [2.05, 4.69) is 21.2 Å². The maximum atomic E-state index is 9.85. The maximum absolute atomic E-state index is 9.85. The first-order valence-electron chi connectivity index (χ1n) is 6.07. The fourth-order valence-electron chi connectivity index (χ4n) is 1.79. The molecular formula is C15H16BrNO3. The molecule has 2 N–H and O–H groups in total. The largest absolute Gasteiger partial charge is 0.508 e. The topological polar surface area (TPSA) is 50.7 Å². The van der Waals surface area contributed by atoms with Crippen molar-refractivity contribution in [1.29, 1.82) is 0 Å². The van der Waals surface area contributed by atoms with Gasteiger partial charge in [-0.3, -0.25) is 0 Å². The van der Waals surface area contributed by atoms with Crippen LogP contribution in [0.2, 0.25) is 0 Å². The Kier molecular flexibility index (Phi) is 4.74. The minimum atomic E-state index is 0.234. The first-order chi connectivity index (χ1) is 9.63. The summed E-state index contributed by atoms with van der Waals surface area (Å²) in [6.45, 7) is 0.481. The third-order valence-corrected chi connectivity index (χ3v) is 3.62. The van der Waals surface area contributed by atoms with Crippen molar-refractivity contribution in [2.75, 3.05) is 19.5 Å². The van der Waals surface area contributed by atoms with Crippen LogP contribution in [0.1, 0.15) is 5.56 Å². The lowest BCUT2D eigenvalue weighted by Gasteiger charge is -2.12. The molecule has 0 atom stereocenters. The number of aromatic hydroxyl groups is 1. The number of anilines is 1. The summed E-state index contributed by atoms with van der Waals surface area (Å²) < 4.78 is 11.3. The van der Waals surface area contributed by atoms with Crippen LogP contribution in [0.4, 0.5) is 5.69 Å². The van der Waals surface area contributed by atoms with Gasteiger partial charge in [-0.25, -0.2) is 0 Å². The van der Waals surface area contributed by atoms with E-state index in [1.165, 1.54) is 0 Å². The Morgan fingerprint density at radius 3 is 2.40 bits per heavy atom. The summed E-state index contributed by atoms with van der Waals surface area (Å²) in [4.78, 5) is 0. The Labute approximate surface area is 126 Å². The molecule has 0 fully saturated rings. The zero-order valence-corrected chi connectivity index (χ0v) is 12.9. The summed E-state index contributed by atoms with van der Waals surface area (Å²) in [6.07, 6.45) is 0. The van der Waals surface area contributed by atoms with Gasteiger partial charge < -0.3 is 19.9 Å². The molecule has 20 heavy (non-hydrogen) atoms. The quantitative estimate of drug-likeness (QED) is 0.871. The molecule has 0 aromatic heterocycles. The van der Waals surface area contributed by atoms with Crippen LogP contribution in [0.25, 0.3) is 0 Å². The molecule has 4 nitrogen and oxygen atoms in total. The molecule has 0 radical (unpaired) electrons. The van der Waals surface area contributed by atoms with Crippen molar-refractivity contribution >= 4 is 21.6 Å².